The second-order valence-electron chi connectivity index (χ2n) is 7.52. The lowest BCUT2D eigenvalue weighted by atomic mass is 9.91. The van der Waals surface area contributed by atoms with Gasteiger partial charge in [-0.2, -0.15) is 17.5 Å². The van der Waals surface area contributed by atoms with Crippen LogP contribution in [0.2, 0.25) is 0 Å². The summed E-state index contributed by atoms with van der Waals surface area (Å²) in [5.41, 5.74) is -1.36. The highest BCUT2D eigenvalue weighted by Gasteiger charge is 2.39. The molecule has 1 aliphatic heterocycles. The number of nitrogens with zero attached hydrogens (tertiary/aromatic N) is 2. The van der Waals surface area contributed by atoms with Crippen LogP contribution >= 0.6 is 0 Å². The van der Waals surface area contributed by atoms with E-state index in [2.05, 4.69) is 0 Å². The summed E-state index contributed by atoms with van der Waals surface area (Å²) in [6.07, 6.45) is -4.43. The molecule has 1 aromatic rings. The van der Waals surface area contributed by atoms with Gasteiger partial charge in [-0.25, -0.2) is 8.42 Å². The van der Waals surface area contributed by atoms with E-state index in [-0.39, 0.29) is 37.5 Å². The Kier molecular flexibility index (Phi) is 5.72. The molecule has 0 aliphatic carbocycles. The molecule has 0 radical (unpaired) electrons. The van der Waals surface area contributed by atoms with Gasteiger partial charge in [0.05, 0.1) is 10.5 Å². The second kappa shape index (κ2) is 7.19. The van der Waals surface area contributed by atoms with E-state index in [1.54, 1.807) is 4.90 Å². The Labute approximate surface area is 151 Å². The molecule has 0 unspecified atom stereocenters. The molecule has 0 aromatic heterocycles. The maximum absolute atomic E-state index is 13.1. The molecule has 26 heavy (non-hydrogen) atoms. The summed E-state index contributed by atoms with van der Waals surface area (Å²) in [5, 5.41) is 0. The van der Waals surface area contributed by atoms with Crippen molar-refractivity contribution in [3.8, 4) is 0 Å². The van der Waals surface area contributed by atoms with E-state index in [0.717, 1.165) is 22.5 Å². The summed E-state index contributed by atoms with van der Waals surface area (Å²) < 4.78 is 65.8. The van der Waals surface area contributed by atoms with Gasteiger partial charge in [-0.15, -0.1) is 0 Å². The van der Waals surface area contributed by atoms with E-state index >= 15 is 0 Å². The molecule has 5 nitrogen and oxygen atoms in total. The van der Waals surface area contributed by atoms with Crippen molar-refractivity contribution in [3.05, 3.63) is 29.8 Å². The first-order valence-corrected chi connectivity index (χ1v) is 9.70. The maximum atomic E-state index is 13.1. The molecule has 2 rings (SSSR count). The average molecular weight is 392 g/mol. The number of piperazine rings is 1. The lowest BCUT2D eigenvalue weighted by Crippen LogP contribution is -2.51. The van der Waals surface area contributed by atoms with Crippen LogP contribution in [-0.2, 0) is 21.0 Å². The molecule has 0 bridgehead atoms. The van der Waals surface area contributed by atoms with Gasteiger partial charge in [0, 0.05) is 32.6 Å². The number of alkyl halides is 3. The van der Waals surface area contributed by atoms with E-state index in [0.29, 0.717) is 6.42 Å². The standard InChI is InChI=1S/C17H23F3N2O3S/c1-16(2,3)12-15(23)21-8-10-22(11-9-21)26(24,25)14-7-5-4-6-13(14)17(18,19)20/h4-7H,8-12H2,1-3H3. The van der Waals surface area contributed by atoms with Gasteiger partial charge in [-0.3, -0.25) is 4.79 Å². The van der Waals surface area contributed by atoms with E-state index in [1.807, 2.05) is 20.8 Å². The minimum absolute atomic E-state index is 0.0234. The number of carbonyl (C=O) groups excluding carboxylic acids is 1. The van der Waals surface area contributed by atoms with Crippen LogP contribution in [0.3, 0.4) is 0 Å². The summed E-state index contributed by atoms with van der Waals surface area (Å²) in [7, 11) is -4.28. The minimum atomic E-state index is -4.76. The Morgan fingerprint density at radius 2 is 1.58 bits per heavy atom. The molecule has 1 aliphatic rings. The van der Waals surface area contributed by atoms with Gasteiger partial charge >= 0.3 is 6.18 Å². The number of benzene rings is 1. The molecular weight excluding hydrogens is 369 g/mol. The molecule has 1 heterocycles. The van der Waals surface area contributed by atoms with Crippen molar-refractivity contribution in [2.75, 3.05) is 26.2 Å². The van der Waals surface area contributed by atoms with Crippen LogP contribution < -0.4 is 0 Å². The second-order valence-corrected chi connectivity index (χ2v) is 9.42. The van der Waals surface area contributed by atoms with Crippen molar-refractivity contribution in [2.24, 2.45) is 5.41 Å². The van der Waals surface area contributed by atoms with Crippen LogP contribution in [0.5, 0.6) is 0 Å². The summed E-state index contributed by atoms with van der Waals surface area (Å²) in [6, 6.07) is 4.15. The molecule has 146 valence electrons. The topological polar surface area (TPSA) is 57.7 Å². The van der Waals surface area contributed by atoms with Crippen LogP contribution in [-0.4, -0.2) is 49.7 Å². The van der Waals surface area contributed by atoms with Gasteiger partial charge in [0.25, 0.3) is 0 Å². The van der Waals surface area contributed by atoms with Gasteiger partial charge < -0.3 is 4.90 Å². The lowest BCUT2D eigenvalue weighted by molar-refractivity contribution is -0.140. The minimum Gasteiger partial charge on any atom is -0.340 e. The number of hydrogen-bond donors (Lipinski definition) is 0. The van der Waals surface area contributed by atoms with Crippen molar-refractivity contribution in [2.45, 2.75) is 38.3 Å². The Morgan fingerprint density at radius 1 is 1.04 bits per heavy atom. The van der Waals surface area contributed by atoms with Crippen molar-refractivity contribution < 1.29 is 26.4 Å². The summed E-state index contributed by atoms with van der Waals surface area (Å²) in [6.45, 7) is 6.08. The average Bonchev–Trinajstić information content (AvgIpc) is 2.52. The van der Waals surface area contributed by atoms with Gasteiger partial charge in [0.1, 0.15) is 0 Å². The monoisotopic (exact) mass is 392 g/mol. The maximum Gasteiger partial charge on any atom is 0.417 e. The molecule has 0 N–H and O–H groups in total. The van der Waals surface area contributed by atoms with Gasteiger partial charge in [0.2, 0.25) is 15.9 Å². The molecule has 1 amide bonds. The zero-order valence-corrected chi connectivity index (χ0v) is 15.8. The number of rotatable bonds is 3. The first-order valence-electron chi connectivity index (χ1n) is 8.26. The Balaban J connectivity index is 2.16. The summed E-state index contributed by atoms with van der Waals surface area (Å²) in [4.78, 5) is 13.0. The van der Waals surface area contributed by atoms with Crippen molar-refractivity contribution in [1.29, 1.82) is 0 Å². The molecule has 0 atom stereocenters. The Morgan fingerprint density at radius 3 is 2.08 bits per heavy atom. The molecular formula is C17H23F3N2O3S. The fourth-order valence-electron chi connectivity index (χ4n) is 2.81. The number of sulfonamides is 1. The van der Waals surface area contributed by atoms with E-state index in [4.69, 9.17) is 0 Å². The van der Waals surface area contributed by atoms with Crippen LogP contribution in [0.4, 0.5) is 13.2 Å². The smallest absolute Gasteiger partial charge is 0.340 e. The molecule has 9 heteroatoms. The van der Waals surface area contributed by atoms with E-state index < -0.39 is 26.7 Å². The number of amides is 1. The molecule has 1 saturated heterocycles. The van der Waals surface area contributed by atoms with Gasteiger partial charge in [0.15, 0.2) is 0 Å². The Hall–Kier alpha value is -1.61. The Bertz CT molecular complexity index is 762. The third kappa shape index (κ3) is 4.76. The molecule has 0 spiro atoms. The predicted octanol–water partition coefficient (Wildman–Crippen LogP) is 2.97. The predicted molar refractivity (Wildman–Crippen MR) is 90.9 cm³/mol. The molecule has 1 fully saturated rings. The molecule has 1 aromatic carbocycles. The van der Waals surface area contributed by atoms with Crippen molar-refractivity contribution in [1.82, 2.24) is 9.21 Å². The zero-order chi connectivity index (χ0) is 19.8. The highest BCUT2D eigenvalue weighted by molar-refractivity contribution is 7.89. The SMILES string of the molecule is CC(C)(C)CC(=O)N1CCN(S(=O)(=O)c2ccccc2C(F)(F)F)CC1. The fraction of sp³-hybridized carbons (Fsp3) is 0.588. The number of carbonyl (C=O) groups is 1. The number of hydrogen-bond acceptors (Lipinski definition) is 3. The lowest BCUT2D eigenvalue weighted by Gasteiger charge is -2.35. The van der Waals surface area contributed by atoms with Crippen molar-refractivity contribution >= 4 is 15.9 Å². The quantitative estimate of drug-likeness (QED) is 0.795. The zero-order valence-electron chi connectivity index (χ0n) is 15.0. The van der Waals surface area contributed by atoms with Gasteiger partial charge in [-0.05, 0) is 17.5 Å². The first-order chi connectivity index (χ1) is 11.8. The van der Waals surface area contributed by atoms with Crippen LogP contribution in [0.25, 0.3) is 0 Å². The van der Waals surface area contributed by atoms with Crippen molar-refractivity contribution in [3.63, 3.8) is 0 Å². The summed E-state index contributed by atoms with van der Waals surface area (Å²) >= 11 is 0. The highest BCUT2D eigenvalue weighted by atomic mass is 32.2. The van der Waals surface area contributed by atoms with Crippen LogP contribution in [0.1, 0.15) is 32.8 Å². The largest absolute Gasteiger partial charge is 0.417 e. The van der Waals surface area contributed by atoms with Crippen LogP contribution in [0.15, 0.2) is 29.2 Å². The fourth-order valence-corrected chi connectivity index (χ4v) is 4.44. The van der Waals surface area contributed by atoms with Crippen LogP contribution in [0, 0.1) is 5.41 Å². The number of halogens is 3. The summed E-state index contributed by atoms with van der Waals surface area (Å²) in [5.74, 6) is -0.0785. The van der Waals surface area contributed by atoms with E-state index in [9.17, 15) is 26.4 Å². The highest BCUT2D eigenvalue weighted by Crippen LogP contribution is 2.35. The van der Waals surface area contributed by atoms with Gasteiger partial charge in [-0.1, -0.05) is 32.9 Å². The normalized spacial score (nSPS) is 17.4. The van der Waals surface area contributed by atoms with E-state index in [1.165, 1.54) is 6.07 Å². The molecule has 0 saturated carbocycles. The third-order valence-electron chi connectivity index (χ3n) is 4.08. The third-order valence-corrected chi connectivity index (χ3v) is 6.04. The first kappa shape index (κ1) is 20.7.